The van der Waals surface area contributed by atoms with Gasteiger partial charge in [-0.25, -0.2) is 4.39 Å². The van der Waals surface area contributed by atoms with Crippen LogP contribution in [0.15, 0.2) is 18.2 Å². The van der Waals surface area contributed by atoms with Gasteiger partial charge in [0.25, 0.3) is 5.91 Å². The summed E-state index contributed by atoms with van der Waals surface area (Å²) in [6.07, 6.45) is 0.235. The first-order valence-electron chi connectivity index (χ1n) is 6.71. The number of rotatable bonds is 6. The van der Waals surface area contributed by atoms with Crippen molar-refractivity contribution < 1.29 is 14.0 Å². The van der Waals surface area contributed by atoms with Crippen molar-refractivity contribution in [2.75, 3.05) is 13.1 Å². The van der Waals surface area contributed by atoms with E-state index in [1.807, 2.05) is 13.8 Å². The van der Waals surface area contributed by atoms with Gasteiger partial charge < -0.3 is 10.6 Å². The summed E-state index contributed by atoms with van der Waals surface area (Å²) in [6.45, 7) is 6.59. The van der Waals surface area contributed by atoms with E-state index in [0.29, 0.717) is 23.6 Å². The molecule has 0 saturated carbocycles. The fourth-order valence-electron chi connectivity index (χ4n) is 1.67. The van der Waals surface area contributed by atoms with Gasteiger partial charge in [-0.05, 0) is 36.6 Å². The third kappa shape index (κ3) is 5.38. The molecule has 0 fully saturated rings. The van der Waals surface area contributed by atoms with Crippen LogP contribution < -0.4 is 10.6 Å². The zero-order valence-corrected chi connectivity index (χ0v) is 12.1. The fourth-order valence-corrected chi connectivity index (χ4v) is 1.67. The van der Waals surface area contributed by atoms with E-state index >= 15 is 0 Å². The van der Waals surface area contributed by atoms with Crippen LogP contribution in [0.4, 0.5) is 4.39 Å². The van der Waals surface area contributed by atoms with E-state index in [4.69, 9.17) is 0 Å². The van der Waals surface area contributed by atoms with Gasteiger partial charge in [0.05, 0.1) is 0 Å². The minimum atomic E-state index is -0.368. The summed E-state index contributed by atoms with van der Waals surface area (Å²) in [5.74, 6) is -0.350. The van der Waals surface area contributed by atoms with Gasteiger partial charge in [-0.3, -0.25) is 9.59 Å². The van der Waals surface area contributed by atoms with E-state index in [-0.39, 0.29) is 30.6 Å². The highest BCUT2D eigenvalue weighted by molar-refractivity contribution is 5.95. The molecular formula is C15H21FN2O2. The van der Waals surface area contributed by atoms with Crippen LogP contribution in [0.25, 0.3) is 0 Å². The second-order valence-electron chi connectivity index (χ2n) is 5.16. The van der Waals surface area contributed by atoms with Crippen molar-refractivity contribution >= 4 is 11.8 Å². The molecular weight excluding hydrogens is 259 g/mol. The largest absolute Gasteiger partial charge is 0.356 e. The maximum Gasteiger partial charge on any atom is 0.251 e. The normalized spacial score (nSPS) is 10.4. The standard InChI is InChI=1S/C15H21FN2O2/c1-10(2)9-18-14(19)6-7-17-15(20)13-5-4-12(16)8-11(13)3/h4-5,8,10H,6-7,9H2,1-3H3,(H,17,20)(H,18,19). The minimum absolute atomic E-state index is 0.0881. The summed E-state index contributed by atoms with van der Waals surface area (Å²) in [5, 5.41) is 5.43. The Morgan fingerprint density at radius 2 is 1.95 bits per heavy atom. The van der Waals surface area contributed by atoms with Gasteiger partial charge >= 0.3 is 0 Å². The number of nitrogens with one attached hydrogen (secondary N) is 2. The molecule has 5 heteroatoms. The van der Waals surface area contributed by atoms with Crippen molar-refractivity contribution in [1.29, 1.82) is 0 Å². The number of hydrogen-bond donors (Lipinski definition) is 2. The van der Waals surface area contributed by atoms with Gasteiger partial charge in [0.15, 0.2) is 0 Å². The number of aryl methyl sites for hydroxylation is 1. The third-order valence-corrected chi connectivity index (χ3v) is 2.78. The van der Waals surface area contributed by atoms with Crippen LogP contribution in [-0.4, -0.2) is 24.9 Å². The number of halogens is 1. The molecule has 1 rings (SSSR count). The maximum atomic E-state index is 12.9. The molecule has 0 atom stereocenters. The van der Waals surface area contributed by atoms with Crippen molar-refractivity contribution in [2.45, 2.75) is 27.2 Å². The van der Waals surface area contributed by atoms with Crippen LogP contribution in [0.1, 0.15) is 36.2 Å². The van der Waals surface area contributed by atoms with Gasteiger partial charge in [0.2, 0.25) is 5.91 Å². The molecule has 20 heavy (non-hydrogen) atoms. The number of benzene rings is 1. The van der Waals surface area contributed by atoms with Gasteiger partial charge in [-0.15, -0.1) is 0 Å². The smallest absolute Gasteiger partial charge is 0.251 e. The summed E-state index contributed by atoms with van der Waals surface area (Å²) < 4.78 is 12.9. The maximum absolute atomic E-state index is 12.9. The monoisotopic (exact) mass is 280 g/mol. The SMILES string of the molecule is Cc1cc(F)ccc1C(=O)NCCC(=O)NCC(C)C. The molecule has 1 aromatic rings. The summed E-state index contributed by atoms with van der Waals surface area (Å²) in [5.41, 5.74) is 1.00. The number of amides is 2. The Bertz CT molecular complexity index is 487. The predicted octanol–water partition coefficient (Wildman–Crippen LogP) is 2.03. The first kappa shape index (κ1) is 16.1. The van der Waals surface area contributed by atoms with E-state index in [9.17, 15) is 14.0 Å². The molecule has 0 unspecified atom stereocenters. The summed E-state index contributed by atoms with van der Waals surface area (Å²) >= 11 is 0. The lowest BCUT2D eigenvalue weighted by atomic mass is 10.1. The molecule has 1 aromatic carbocycles. The third-order valence-electron chi connectivity index (χ3n) is 2.78. The highest BCUT2D eigenvalue weighted by atomic mass is 19.1. The molecule has 0 aromatic heterocycles. The molecule has 0 aliphatic heterocycles. The topological polar surface area (TPSA) is 58.2 Å². The highest BCUT2D eigenvalue weighted by Crippen LogP contribution is 2.09. The molecule has 2 N–H and O–H groups in total. The average Bonchev–Trinajstić information content (AvgIpc) is 2.36. The van der Waals surface area contributed by atoms with E-state index in [1.54, 1.807) is 6.92 Å². The molecule has 0 heterocycles. The zero-order chi connectivity index (χ0) is 15.1. The van der Waals surface area contributed by atoms with Gasteiger partial charge in [-0.1, -0.05) is 13.8 Å². The summed E-state index contributed by atoms with van der Waals surface area (Å²) in [4.78, 5) is 23.3. The Hall–Kier alpha value is -1.91. The van der Waals surface area contributed by atoms with Crippen LogP contribution in [-0.2, 0) is 4.79 Å². The van der Waals surface area contributed by atoms with Crippen molar-refractivity contribution in [3.8, 4) is 0 Å². The molecule has 4 nitrogen and oxygen atoms in total. The summed E-state index contributed by atoms with van der Waals surface area (Å²) in [7, 11) is 0. The molecule has 0 bridgehead atoms. The Labute approximate surface area is 118 Å². The Kier molecular flexibility index (Phi) is 6.15. The van der Waals surface area contributed by atoms with E-state index < -0.39 is 0 Å². The molecule has 2 amide bonds. The van der Waals surface area contributed by atoms with Crippen LogP contribution in [0.2, 0.25) is 0 Å². The van der Waals surface area contributed by atoms with Gasteiger partial charge in [0, 0.05) is 25.1 Å². The molecule has 0 saturated heterocycles. The second kappa shape index (κ2) is 7.62. The molecule has 0 aliphatic carbocycles. The molecule has 0 radical (unpaired) electrons. The minimum Gasteiger partial charge on any atom is -0.356 e. The lowest BCUT2D eigenvalue weighted by Gasteiger charge is -2.09. The fraction of sp³-hybridized carbons (Fsp3) is 0.467. The first-order valence-corrected chi connectivity index (χ1v) is 6.71. The van der Waals surface area contributed by atoms with Crippen LogP contribution in [0.5, 0.6) is 0 Å². The van der Waals surface area contributed by atoms with E-state index in [0.717, 1.165) is 0 Å². The van der Waals surface area contributed by atoms with E-state index in [1.165, 1.54) is 18.2 Å². The quantitative estimate of drug-likeness (QED) is 0.837. The molecule has 0 spiro atoms. The van der Waals surface area contributed by atoms with Crippen molar-refractivity contribution in [3.05, 3.63) is 35.1 Å². The number of carbonyl (C=O) groups excluding carboxylic acids is 2. The Balaban J connectivity index is 2.38. The Morgan fingerprint density at radius 3 is 2.55 bits per heavy atom. The van der Waals surface area contributed by atoms with Crippen LogP contribution >= 0.6 is 0 Å². The first-order chi connectivity index (χ1) is 9.40. The van der Waals surface area contributed by atoms with E-state index in [2.05, 4.69) is 10.6 Å². The van der Waals surface area contributed by atoms with Crippen molar-refractivity contribution in [3.63, 3.8) is 0 Å². The van der Waals surface area contributed by atoms with Crippen molar-refractivity contribution in [2.24, 2.45) is 5.92 Å². The summed E-state index contributed by atoms with van der Waals surface area (Å²) in [6, 6.07) is 4.00. The number of hydrogen-bond acceptors (Lipinski definition) is 2. The lowest BCUT2D eigenvalue weighted by Crippen LogP contribution is -2.32. The zero-order valence-electron chi connectivity index (χ0n) is 12.1. The molecule has 110 valence electrons. The van der Waals surface area contributed by atoms with Crippen LogP contribution in [0.3, 0.4) is 0 Å². The highest BCUT2D eigenvalue weighted by Gasteiger charge is 2.10. The predicted molar refractivity (Wildman–Crippen MR) is 75.9 cm³/mol. The second-order valence-corrected chi connectivity index (χ2v) is 5.16. The van der Waals surface area contributed by atoms with Crippen molar-refractivity contribution in [1.82, 2.24) is 10.6 Å². The lowest BCUT2D eigenvalue weighted by molar-refractivity contribution is -0.121. The molecule has 0 aliphatic rings. The van der Waals surface area contributed by atoms with Gasteiger partial charge in [0.1, 0.15) is 5.82 Å². The average molecular weight is 280 g/mol. The Morgan fingerprint density at radius 1 is 1.25 bits per heavy atom. The van der Waals surface area contributed by atoms with Gasteiger partial charge in [-0.2, -0.15) is 0 Å². The van der Waals surface area contributed by atoms with Crippen LogP contribution in [0, 0.1) is 18.7 Å². The number of carbonyl (C=O) groups is 2.